The SMILES string of the molecule is COc1ccc(C2=C(O)C(=O)N(Cc3ccccc3OC)C2c2ccccc2F)cc1. The van der Waals surface area contributed by atoms with Crippen molar-refractivity contribution in [2.45, 2.75) is 12.6 Å². The second-order valence-electron chi connectivity index (χ2n) is 7.16. The number of methoxy groups -OCH3 is 2. The number of rotatable bonds is 6. The van der Waals surface area contributed by atoms with Crippen LogP contribution in [0.5, 0.6) is 11.5 Å². The van der Waals surface area contributed by atoms with Crippen LogP contribution in [-0.2, 0) is 11.3 Å². The molecule has 1 heterocycles. The first-order valence-corrected chi connectivity index (χ1v) is 9.80. The number of amides is 1. The van der Waals surface area contributed by atoms with Crippen LogP contribution in [0.15, 0.2) is 78.6 Å². The molecule has 5 nitrogen and oxygen atoms in total. The average molecular weight is 419 g/mol. The Morgan fingerprint density at radius 2 is 1.61 bits per heavy atom. The molecule has 0 aliphatic carbocycles. The molecule has 1 unspecified atom stereocenters. The second kappa shape index (κ2) is 8.52. The maximum Gasteiger partial charge on any atom is 0.290 e. The van der Waals surface area contributed by atoms with Gasteiger partial charge in [0.1, 0.15) is 17.3 Å². The summed E-state index contributed by atoms with van der Waals surface area (Å²) in [5, 5.41) is 10.8. The Bertz CT molecular complexity index is 1140. The second-order valence-corrected chi connectivity index (χ2v) is 7.16. The molecule has 1 amide bonds. The first-order valence-electron chi connectivity index (χ1n) is 9.80. The lowest BCUT2D eigenvalue weighted by Crippen LogP contribution is -2.30. The molecule has 0 saturated carbocycles. The molecule has 0 bridgehead atoms. The van der Waals surface area contributed by atoms with Crippen molar-refractivity contribution in [1.82, 2.24) is 4.90 Å². The van der Waals surface area contributed by atoms with Crippen LogP contribution in [0.4, 0.5) is 4.39 Å². The number of hydrogen-bond acceptors (Lipinski definition) is 4. The highest BCUT2D eigenvalue weighted by molar-refractivity contribution is 6.05. The van der Waals surface area contributed by atoms with Crippen molar-refractivity contribution in [1.29, 1.82) is 0 Å². The average Bonchev–Trinajstić information content (AvgIpc) is 3.04. The van der Waals surface area contributed by atoms with Gasteiger partial charge in [0.25, 0.3) is 5.91 Å². The molecule has 1 atom stereocenters. The highest BCUT2D eigenvalue weighted by atomic mass is 19.1. The van der Waals surface area contributed by atoms with Gasteiger partial charge in [0.15, 0.2) is 5.76 Å². The summed E-state index contributed by atoms with van der Waals surface area (Å²) in [4.78, 5) is 14.6. The predicted molar refractivity (Wildman–Crippen MR) is 115 cm³/mol. The van der Waals surface area contributed by atoms with E-state index in [4.69, 9.17) is 9.47 Å². The lowest BCUT2D eigenvalue weighted by atomic mass is 9.93. The Hall–Kier alpha value is -3.80. The van der Waals surface area contributed by atoms with Gasteiger partial charge in [0.2, 0.25) is 0 Å². The van der Waals surface area contributed by atoms with E-state index in [9.17, 15) is 14.3 Å². The summed E-state index contributed by atoms with van der Waals surface area (Å²) in [5.41, 5.74) is 2.03. The van der Waals surface area contributed by atoms with Gasteiger partial charge in [-0.15, -0.1) is 0 Å². The van der Waals surface area contributed by atoms with E-state index in [-0.39, 0.29) is 6.54 Å². The molecule has 0 saturated heterocycles. The fourth-order valence-corrected chi connectivity index (χ4v) is 3.92. The van der Waals surface area contributed by atoms with E-state index in [1.165, 1.54) is 11.0 Å². The van der Waals surface area contributed by atoms with E-state index in [0.717, 1.165) is 5.56 Å². The number of para-hydroxylation sites is 1. The largest absolute Gasteiger partial charge is 0.503 e. The molecule has 4 rings (SSSR count). The topological polar surface area (TPSA) is 59.0 Å². The van der Waals surface area contributed by atoms with Gasteiger partial charge in [-0.05, 0) is 29.8 Å². The smallest absolute Gasteiger partial charge is 0.290 e. The van der Waals surface area contributed by atoms with Crippen LogP contribution in [0.25, 0.3) is 5.57 Å². The number of aliphatic hydroxyl groups excluding tert-OH is 1. The Labute approximate surface area is 180 Å². The van der Waals surface area contributed by atoms with Crippen molar-refractivity contribution in [2.24, 2.45) is 0 Å². The Morgan fingerprint density at radius 1 is 0.935 bits per heavy atom. The van der Waals surface area contributed by atoms with Crippen LogP contribution in [0.1, 0.15) is 22.7 Å². The van der Waals surface area contributed by atoms with Crippen LogP contribution in [-0.4, -0.2) is 30.1 Å². The third-order valence-corrected chi connectivity index (χ3v) is 5.44. The third-order valence-electron chi connectivity index (χ3n) is 5.44. The fraction of sp³-hybridized carbons (Fsp3) is 0.160. The minimum absolute atomic E-state index is 0.144. The van der Waals surface area contributed by atoms with Gasteiger partial charge in [-0.1, -0.05) is 48.5 Å². The number of carbonyl (C=O) groups is 1. The number of carbonyl (C=O) groups excluding carboxylic acids is 1. The van der Waals surface area contributed by atoms with Gasteiger partial charge in [-0.2, -0.15) is 0 Å². The van der Waals surface area contributed by atoms with Crippen molar-refractivity contribution in [3.8, 4) is 11.5 Å². The number of ether oxygens (including phenoxy) is 2. The van der Waals surface area contributed by atoms with E-state index < -0.39 is 23.5 Å². The number of aliphatic hydroxyl groups is 1. The van der Waals surface area contributed by atoms with Crippen LogP contribution in [0.2, 0.25) is 0 Å². The van der Waals surface area contributed by atoms with Crippen LogP contribution < -0.4 is 9.47 Å². The quantitative estimate of drug-likeness (QED) is 0.618. The molecule has 1 aliphatic rings. The summed E-state index contributed by atoms with van der Waals surface area (Å²) in [6.45, 7) is 0.144. The maximum atomic E-state index is 14.9. The summed E-state index contributed by atoms with van der Waals surface area (Å²) in [7, 11) is 3.11. The molecule has 0 radical (unpaired) electrons. The molecular weight excluding hydrogens is 397 g/mol. The van der Waals surface area contributed by atoms with Crippen molar-refractivity contribution in [3.05, 3.63) is 101 Å². The molecule has 6 heteroatoms. The zero-order valence-electron chi connectivity index (χ0n) is 17.2. The number of halogens is 1. The molecule has 3 aromatic rings. The van der Waals surface area contributed by atoms with Gasteiger partial charge in [0.05, 0.1) is 26.8 Å². The Morgan fingerprint density at radius 3 is 2.29 bits per heavy atom. The van der Waals surface area contributed by atoms with Crippen molar-refractivity contribution >= 4 is 11.5 Å². The van der Waals surface area contributed by atoms with Crippen LogP contribution >= 0.6 is 0 Å². The van der Waals surface area contributed by atoms with Gasteiger partial charge in [-0.25, -0.2) is 4.39 Å². The molecule has 3 aromatic carbocycles. The predicted octanol–water partition coefficient (Wildman–Crippen LogP) is 4.90. The molecule has 158 valence electrons. The number of hydrogen-bond donors (Lipinski definition) is 1. The normalized spacial score (nSPS) is 16.0. The van der Waals surface area contributed by atoms with Crippen LogP contribution in [0, 0.1) is 5.82 Å². The molecule has 0 aromatic heterocycles. The van der Waals surface area contributed by atoms with E-state index in [2.05, 4.69) is 0 Å². The Balaban J connectivity index is 1.83. The minimum atomic E-state index is -0.799. The monoisotopic (exact) mass is 419 g/mol. The Kier molecular flexibility index (Phi) is 5.62. The zero-order chi connectivity index (χ0) is 22.0. The zero-order valence-corrected chi connectivity index (χ0v) is 17.2. The van der Waals surface area contributed by atoms with E-state index >= 15 is 0 Å². The molecule has 31 heavy (non-hydrogen) atoms. The summed E-state index contributed by atoms with van der Waals surface area (Å²) >= 11 is 0. The lowest BCUT2D eigenvalue weighted by molar-refractivity contribution is -0.130. The molecule has 0 fully saturated rings. The fourth-order valence-electron chi connectivity index (χ4n) is 3.92. The first kappa shape index (κ1) is 20.5. The highest BCUT2D eigenvalue weighted by Crippen LogP contribution is 2.45. The standard InChI is InChI=1S/C25H22FNO4/c1-30-18-13-11-16(12-14-18)22-23(19-8-4-5-9-20(19)26)27(25(29)24(22)28)15-17-7-3-6-10-21(17)31-2/h3-14,23,28H,15H2,1-2H3. The van der Waals surface area contributed by atoms with E-state index in [1.54, 1.807) is 62.8 Å². The first-order chi connectivity index (χ1) is 15.0. The summed E-state index contributed by atoms with van der Waals surface area (Å²) < 4.78 is 25.5. The molecule has 1 aliphatic heterocycles. The van der Waals surface area contributed by atoms with Gasteiger partial charge in [0, 0.05) is 16.7 Å². The van der Waals surface area contributed by atoms with Crippen molar-refractivity contribution in [2.75, 3.05) is 14.2 Å². The molecule has 1 N–H and O–H groups in total. The summed E-state index contributed by atoms with van der Waals surface area (Å²) in [6.07, 6.45) is 0. The lowest BCUT2D eigenvalue weighted by Gasteiger charge is -2.28. The minimum Gasteiger partial charge on any atom is -0.503 e. The summed E-state index contributed by atoms with van der Waals surface area (Å²) in [6, 6.07) is 19.8. The molecular formula is C25H22FNO4. The van der Waals surface area contributed by atoms with Gasteiger partial charge < -0.3 is 19.5 Å². The molecule has 0 spiro atoms. The van der Waals surface area contributed by atoms with Gasteiger partial charge in [-0.3, -0.25) is 4.79 Å². The van der Waals surface area contributed by atoms with E-state index in [1.807, 2.05) is 18.2 Å². The number of nitrogens with zero attached hydrogens (tertiary/aromatic N) is 1. The van der Waals surface area contributed by atoms with E-state index in [0.29, 0.717) is 28.2 Å². The van der Waals surface area contributed by atoms with Crippen LogP contribution in [0.3, 0.4) is 0 Å². The third kappa shape index (κ3) is 3.72. The van der Waals surface area contributed by atoms with Crippen molar-refractivity contribution < 1.29 is 23.8 Å². The van der Waals surface area contributed by atoms with Gasteiger partial charge >= 0.3 is 0 Å². The summed E-state index contributed by atoms with van der Waals surface area (Å²) in [5.74, 6) is -0.161. The maximum absolute atomic E-state index is 14.9. The highest BCUT2D eigenvalue weighted by Gasteiger charge is 2.42. The number of benzene rings is 3. The van der Waals surface area contributed by atoms with Crippen molar-refractivity contribution in [3.63, 3.8) is 0 Å².